The van der Waals surface area contributed by atoms with Crippen LogP contribution in [0.1, 0.15) is 46.5 Å². The number of aliphatic carboxylic acids is 1. The number of carboxylic acid groups (broad SMARTS) is 1. The molecule has 1 saturated carbocycles. The normalized spacial score (nSPS) is 28.2. The predicted octanol–water partition coefficient (Wildman–Crippen LogP) is 2.22. The van der Waals surface area contributed by atoms with Gasteiger partial charge in [-0.1, -0.05) is 20.8 Å². The van der Waals surface area contributed by atoms with Crippen LogP contribution in [-0.4, -0.2) is 60.1 Å². The Balaban J connectivity index is 2.27. The summed E-state index contributed by atoms with van der Waals surface area (Å²) in [6, 6.07) is -1.19. The second kappa shape index (κ2) is 6.76. The molecule has 3 unspecified atom stereocenters. The molecule has 7 heteroatoms. The lowest BCUT2D eigenvalue weighted by atomic mass is 10.1. The molecule has 138 valence electrons. The van der Waals surface area contributed by atoms with Crippen LogP contribution in [0.2, 0.25) is 18.1 Å². The summed E-state index contributed by atoms with van der Waals surface area (Å²) in [6.45, 7) is 10.6. The highest BCUT2D eigenvalue weighted by atomic mass is 28.4. The van der Waals surface area contributed by atoms with Crippen molar-refractivity contribution in [3.8, 4) is 0 Å². The maximum absolute atomic E-state index is 12.7. The molecule has 0 aromatic carbocycles. The van der Waals surface area contributed by atoms with Gasteiger partial charge in [0.2, 0.25) is 5.91 Å². The lowest BCUT2D eigenvalue weighted by molar-refractivity contribution is -0.150. The molecule has 2 rings (SSSR count). The molecule has 6 nitrogen and oxygen atoms in total. The van der Waals surface area contributed by atoms with Crippen molar-refractivity contribution < 1.29 is 24.2 Å². The average molecular weight is 358 g/mol. The van der Waals surface area contributed by atoms with Crippen LogP contribution >= 0.6 is 0 Å². The van der Waals surface area contributed by atoms with Crippen LogP contribution in [0.4, 0.5) is 0 Å². The second-order valence-electron chi connectivity index (χ2n) is 8.61. The smallest absolute Gasteiger partial charge is 0.326 e. The van der Waals surface area contributed by atoms with Crippen molar-refractivity contribution >= 4 is 20.2 Å². The van der Waals surface area contributed by atoms with Gasteiger partial charge in [0.05, 0.1) is 12.1 Å². The van der Waals surface area contributed by atoms with Crippen LogP contribution in [0.3, 0.4) is 0 Å². The van der Waals surface area contributed by atoms with E-state index in [1.807, 2.05) is 0 Å². The number of carbonyl (C=O) groups is 2. The first-order chi connectivity index (χ1) is 11.0. The van der Waals surface area contributed by atoms with E-state index in [4.69, 9.17) is 4.43 Å². The van der Waals surface area contributed by atoms with E-state index in [1.165, 1.54) is 4.90 Å². The Morgan fingerprint density at radius 1 is 1.25 bits per heavy atom. The van der Waals surface area contributed by atoms with Crippen LogP contribution in [0.25, 0.3) is 0 Å². The first kappa shape index (κ1) is 19.4. The Morgan fingerprint density at radius 2 is 1.83 bits per heavy atom. The zero-order valence-electron chi connectivity index (χ0n) is 15.4. The number of amides is 1. The van der Waals surface area contributed by atoms with Crippen LogP contribution < -0.4 is 0 Å². The molecule has 1 amide bonds. The topological polar surface area (TPSA) is 87.1 Å². The second-order valence-corrected chi connectivity index (χ2v) is 13.4. The van der Waals surface area contributed by atoms with E-state index in [1.54, 1.807) is 0 Å². The molecule has 0 bridgehead atoms. The molecular formula is C17H31NO5Si. The third kappa shape index (κ3) is 3.83. The fourth-order valence-corrected chi connectivity index (χ4v) is 4.48. The van der Waals surface area contributed by atoms with Gasteiger partial charge in [0, 0.05) is 18.9 Å². The molecule has 0 radical (unpaired) electrons. The minimum Gasteiger partial charge on any atom is -0.480 e. The van der Waals surface area contributed by atoms with E-state index in [0.29, 0.717) is 12.8 Å². The molecule has 2 fully saturated rings. The molecule has 0 aromatic rings. The molecule has 24 heavy (non-hydrogen) atoms. The van der Waals surface area contributed by atoms with Crippen molar-refractivity contribution in [3.05, 3.63) is 0 Å². The van der Waals surface area contributed by atoms with Gasteiger partial charge in [0.1, 0.15) is 6.04 Å². The monoisotopic (exact) mass is 357 g/mol. The van der Waals surface area contributed by atoms with Crippen LogP contribution in [0.5, 0.6) is 0 Å². The van der Waals surface area contributed by atoms with Gasteiger partial charge in [-0.05, 0) is 37.4 Å². The van der Waals surface area contributed by atoms with Gasteiger partial charge in [-0.3, -0.25) is 4.79 Å². The molecule has 2 aliphatic rings. The van der Waals surface area contributed by atoms with Gasteiger partial charge in [-0.25, -0.2) is 4.79 Å². The molecule has 0 aromatic heterocycles. The largest absolute Gasteiger partial charge is 0.480 e. The molecule has 3 atom stereocenters. The van der Waals surface area contributed by atoms with Crippen LogP contribution in [-0.2, 0) is 14.0 Å². The lowest BCUT2D eigenvalue weighted by Crippen LogP contribution is -2.50. The Hall–Kier alpha value is -0.923. The number of aliphatic hydroxyl groups is 1. The number of nitrogens with zero attached hydrogens (tertiary/aromatic N) is 1. The molecule has 1 saturated heterocycles. The number of carboxylic acids is 1. The van der Waals surface area contributed by atoms with Gasteiger partial charge in [-0.2, -0.15) is 0 Å². The van der Waals surface area contributed by atoms with Crippen LogP contribution in [0, 0.1) is 5.92 Å². The van der Waals surface area contributed by atoms with E-state index in [9.17, 15) is 19.8 Å². The quantitative estimate of drug-likeness (QED) is 0.712. The van der Waals surface area contributed by atoms with Crippen molar-refractivity contribution in [2.45, 2.75) is 82.8 Å². The lowest BCUT2D eigenvalue weighted by Gasteiger charge is -2.40. The Bertz CT molecular complexity index is 498. The average Bonchev–Trinajstić information content (AvgIpc) is 3.22. The summed E-state index contributed by atoms with van der Waals surface area (Å²) in [5.74, 6) is -1.10. The first-order valence-electron chi connectivity index (χ1n) is 8.83. The van der Waals surface area contributed by atoms with Crippen LogP contribution in [0.15, 0.2) is 0 Å². The van der Waals surface area contributed by atoms with Gasteiger partial charge in [0.25, 0.3) is 0 Å². The summed E-state index contributed by atoms with van der Waals surface area (Å²) in [6.07, 6.45) is 2.02. The zero-order valence-corrected chi connectivity index (χ0v) is 16.4. The van der Waals surface area contributed by atoms with Gasteiger partial charge < -0.3 is 19.5 Å². The molecule has 1 aliphatic heterocycles. The number of likely N-dealkylation sites (tertiary alicyclic amines) is 1. The molecule has 2 N–H and O–H groups in total. The Labute approximate surface area is 145 Å². The van der Waals surface area contributed by atoms with Crippen molar-refractivity contribution in [1.82, 2.24) is 4.90 Å². The highest BCUT2D eigenvalue weighted by Gasteiger charge is 2.52. The third-order valence-corrected chi connectivity index (χ3v) is 10.2. The van der Waals surface area contributed by atoms with Crippen molar-refractivity contribution in [3.63, 3.8) is 0 Å². The fourth-order valence-electron chi connectivity index (χ4n) is 3.12. The summed E-state index contributed by atoms with van der Waals surface area (Å²) in [5.41, 5.74) is 0. The molecule has 1 heterocycles. The highest BCUT2D eigenvalue weighted by Crippen LogP contribution is 2.42. The minimum absolute atomic E-state index is 0.00338. The Morgan fingerprint density at radius 3 is 2.25 bits per heavy atom. The van der Waals surface area contributed by atoms with E-state index < -0.39 is 20.3 Å². The van der Waals surface area contributed by atoms with Crippen molar-refractivity contribution in [2.75, 3.05) is 6.61 Å². The standard InChI is InChI=1S/C17H31NO5Si/c1-17(2,3)24(4,5)23-14-10-13(16(21)22)18(12(14)8-9-19)15(20)11-6-7-11/h11-14,19H,6-10H2,1-5H3,(H,21,22). The van der Waals surface area contributed by atoms with Gasteiger partial charge >= 0.3 is 5.97 Å². The van der Waals surface area contributed by atoms with E-state index in [2.05, 4.69) is 33.9 Å². The summed E-state index contributed by atoms with van der Waals surface area (Å²) >= 11 is 0. The van der Waals surface area contributed by atoms with Crippen molar-refractivity contribution in [1.29, 1.82) is 0 Å². The summed E-state index contributed by atoms with van der Waals surface area (Å²) in [4.78, 5) is 25.9. The maximum Gasteiger partial charge on any atom is 0.326 e. The maximum atomic E-state index is 12.7. The third-order valence-electron chi connectivity index (χ3n) is 5.72. The molecular weight excluding hydrogens is 326 g/mol. The predicted molar refractivity (Wildman–Crippen MR) is 93.2 cm³/mol. The minimum atomic E-state index is -2.09. The first-order valence-corrected chi connectivity index (χ1v) is 11.7. The van der Waals surface area contributed by atoms with Crippen molar-refractivity contribution in [2.24, 2.45) is 5.92 Å². The molecule has 0 spiro atoms. The summed E-state index contributed by atoms with van der Waals surface area (Å²) in [5, 5.41) is 19.1. The number of aliphatic hydroxyl groups excluding tert-OH is 1. The number of rotatable bonds is 6. The summed E-state index contributed by atoms with van der Waals surface area (Å²) in [7, 11) is -2.09. The SMILES string of the molecule is CC(C)(C)[Si](C)(C)OC1CC(C(=O)O)N(C(=O)C2CC2)C1CCO. The van der Waals surface area contributed by atoms with Gasteiger partial charge in [0.15, 0.2) is 8.32 Å². The fraction of sp³-hybridized carbons (Fsp3) is 0.882. The highest BCUT2D eigenvalue weighted by molar-refractivity contribution is 6.74. The van der Waals surface area contributed by atoms with E-state index >= 15 is 0 Å². The van der Waals surface area contributed by atoms with E-state index in [0.717, 1.165) is 12.8 Å². The Kier molecular flexibility index (Phi) is 5.47. The molecule has 1 aliphatic carbocycles. The number of hydrogen-bond acceptors (Lipinski definition) is 4. The van der Waals surface area contributed by atoms with E-state index in [-0.39, 0.29) is 35.6 Å². The summed E-state index contributed by atoms with van der Waals surface area (Å²) < 4.78 is 6.46. The number of hydrogen-bond donors (Lipinski definition) is 2. The number of carbonyl (C=O) groups excluding carboxylic acids is 1. The zero-order chi connectivity index (χ0) is 18.3. The van der Waals surface area contributed by atoms with Gasteiger partial charge in [-0.15, -0.1) is 0 Å².